The van der Waals surface area contributed by atoms with E-state index in [9.17, 15) is 4.39 Å². The van der Waals surface area contributed by atoms with Crippen molar-refractivity contribution >= 4 is 17.5 Å². The van der Waals surface area contributed by atoms with E-state index in [0.717, 1.165) is 59.2 Å². The highest BCUT2D eigenvalue weighted by Crippen LogP contribution is 2.36. The van der Waals surface area contributed by atoms with E-state index in [1.807, 2.05) is 30.3 Å². The number of nitrogens with zero attached hydrogens (tertiary/aromatic N) is 3. The molecule has 6 heteroatoms. The van der Waals surface area contributed by atoms with Gasteiger partial charge in [0.25, 0.3) is 0 Å². The molecule has 1 atom stereocenters. The summed E-state index contributed by atoms with van der Waals surface area (Å²) in [6, 6.07) is 21.0. The molecule has 0 radical (unpaired) electrons. The van der Waals surface area contributed by atoms with Gasteiger partial charge in [0.05, 0.1) is 18.3 Å². The van der Waals surface area contributed by atoms with Crippen LogP contribution in [0.2, 0.25) is 0 Å². The van der Waals surface area contributed by atoms with Crippen LogP contribution in [0.15, 0.2) is 77.8 Å². The van der Waals surface area contributed by atoms with Gasteiger partial charge >= 0.3 is 0 Å². The Hall–Kier alpha value is -2.83. The molecule has 4 aromatic rings. The van der Waals surface area contributed by atoms with Gasteiger partial charge in [0, 0.05) is 35.7 Å². The normalized spacial score (nSPS) is 17.2. The first-order valence-corrected chi connectivity index (χ1v) is 11.3. The maximum absolute atomic E-state index is 13.2. The Bertz CT molecular complexity index is 1190. The van der Waals surface area contributed by atoms with Crippen molar-refractivity contribution in [2.24, 2.45) is 0 Å². The van der Waals surface area contributed by atoms with E-state index < -0.39 is 0 Å². The second-order valence-corrected chi connectivity index (χ2v) is 8.95. The van der Waals surface area contributed by atoms with Crippen molar-refractivity contribution in [2.45, 2.75) is 23.7 Å². The number of hydrogen-bond acceptors (Lipinski definition) is 4. The number of rotatable bonds is 5. The average molecular weight is 434 g/mol. The number of pyridine rings is 1. The van der Waals surface area contributed by atoms with Crippen molar-refractivity contribution in [3.05, 3.63) is 84.6 Å². The molecule has 1 unspecified atom stereocenters. The quantitative estimate of drug-likeness (QED) is 0.359. The highest BCUT2D eigenvalue weighted by molar-refractivity contribution is 7.97. The van der Waals surface area contributed by atoms with E-state index in [1.54, 1.807) is 19.1 Å². The van der Waals surface area contributed by atoms with Crippen molar-refractivity contribution < 1.29 is 9.13 Å². The molecule has 31 heavy (non-hydrogen) atoms. The van der Waals surface area contributed by atoms with Gasteiger partial charge in [0.2, 0.25) is 0 Å². The molecule has 0 saturated carbocycles. The first-order chi connectivity index (χ1) is 15.2. The maximum atomic E-state index is 13.2. The molecular formula is C25H24FN3OS. The molecular weight excluding hydrogens is 409 g/mol. The zero-order valence-electron chi connectivity index (χ0n) is 17.4. The van der Waals surface area contributed by atoms with Crippen molar-refractivity contribution in [2.75, 3.05) is 20.2 Å². The zero-order chi connectivity index (χ0) is 21.2. The third-order valence-corrected chi connectivity index (χ3v) is 6.79. The van der Waals surface area contributed by atoms with E-state index in [1.165, 1.54) is 12.1 Å². The molecule has 0 bridgehead atoms. The average Bonchev–Trinajstić information content (AvgIpc) is 3.21. The Morgan fingerprint density at radius 3 is 2.77 bits per heavy atom. The summed E-state index contributed by atoms with van der Waals surface area (Å²) in [7, 11) is 1.69. The maximum Gasteiger partial charge on any atom is 0.123 e. The van der Waals surface area contributed by atoms with Gasteiger partial charge in [-0.2, -0.15) is 0 Å². The highest BCUT2D eigenvalue weighted by atomic mass is 32.2. The van der Waals surface area contributed by atoms with Gasteiger partial charge < -0.3 is 9.14 Å². The highest BCUT2D eigenvalue weighted by Gasteiger charge is 2.27. The summed E-state index contributed by atoms with van der Waals surface area (Å²) in [6.45, 7) is 1.93. The predicted octanol–water partition coefficient (Wildman–Crippen LogP) is 6.04. The van der Waals surface area contributed by atoms with Gasteiger partial charge in [-0.05, 0) is 73.3 Å². The van der Waals surface area contributed by atoms with Crippen LogP contribution in [0.25, 0.3) is 16.8 Å². The van der Waals surface area contributed by atoms with Crippen molar-refractivity contribution in [1.29, 1.82) is 0 Å². The second kappa shape index (κ2) is 8.73. The van der Waals surface area contributed by atoms with E-state index in [0.29, 0.717) is 5.92 Å². The first kappa shape index (κ1) is 20.1. The van der Waals surface area contributed by atoms with Crippen molar-refractivity contribution in [3.8, 4) is 17.0 Å². The largest absolute Gasteiger partial charge is 0.497 e. The van der Waals surface area contributed by atoms with Gasteiger partial charge in [-0.3, -0.25) is 0 Å². The number of methoxy groups -OCH3 is 1. The van der Waals surface area contributed by atoms with Gasteiger partial charge in [-0.25, -0.2) is 13.7 Å². The van der Waals surface area contributed by atoms with Crippen LogP contribution in [0.5, 0.6) is 5.75 Å². The third kappa shape index (κ3) is 4.18. The Labute approximate surface area is 185 Å². The summed E-state index contributed by atoms with van der Waals surface area (Å²) in [5.74, 6) is 2.05. The van der Waals surface area contributed by atoms with Crippen LogP contribution in [0.3, 0.4) is 0 Å². The van der Waals surface area contributed by atoms with Crippen LogP contribution in [0.4, 0.5) is 4.39 Å². The lowest BCUT2D eigenvalue weighted by Crippen LogP contribution is -2.30. The SMILES string of the molecule is COc1cccc(-c2nc(C3CCCN(Sc4ccc(F)cc4)C3)n3ccccc23)c1. The first-order valence-electron chi connectivity index (χ1n) is 10.5. The predicted molar refractivity (Wildman–Crippen MR) is 123 cm³/mol. The minimum absolute atomic E-state index is 0.199. The zero-order valence-corrected chi connectivity index (χ0v) is 18.2. The van der Waals surface area contributed by atoms with Gasteiger partial charge in [0.15, 0.2) is 0 Å². The summed E-state index contributed by atoms with van der Waals surface area (Å²) >= 11 is 1.70. The summed E-state index contributed by atoms with van der Waals surface area (Å²) in [5, 5.41) is 0. The number of fused-ring (bicyclic) bond motifs is 1. The van der Waals surface area contributed by atoms with Crippen molar-refractivity contribution in [3.63, 3.8) is 0 Å². The van der Waals surface area contributed by atoms with Crippen LogP contribution in [0.1, 0.15) is 24.6 Å². The number of hydrogen-bond donors (Lipinski definition) is 0. The molecule has 0 aliphatic carbocycles. The molecule has 158 valence electrons. The number of halogens is 1. The van der Waals surface area contributed by atoms with Gasteiger partial charge in [0.1, 0.15) is 17.4 Å². The van der Waals surface area contributed by atoms with Gasteiger partial charge in [-0.1, -0.05) is 18.2 Å². The smallest absolute Gasteiger partial charge is 0.123 e. The Kier molecular flexibility index (Phi) is 5.66. The number of piperidine rings is 1. The van der Waals surface area contributed by atoms with E-state index in [4.69, 9.17) is 9.72 Å². The molecule has 1 fully saturated rings. The summed E-state index contributed by atoms with van der Waals surface area (Å²) in [5.41, 5.74) is 3.15. The molecule has 2 aromatic heterocycles. The van der Waals surface area contributed by atoms with Crippen LogP contribution in [0, 0.1) is 5.82 Å². The van der Waals surface area contributed by atoms with Crippen LogP contribution < -0.4 is 4.74 Å². The molecule has 0 spiro atoms. The summed E-state index contributed by atoms with van der Waals surface area (Å²) in [4.78, 5) is 6.20. The molecule has 3 heterocycles. The molecule has 0 amide bonds. The fraction of sp³-hybridized carbons (Fsp3) is 0.240. The topological polar surface area (TPSA) is 29.8 Å². The molecule has 4 nitrogen and oxygen atoms in total. The van der Waals surface area contributed by atoms with E-state index >= 15 is 0 Å². The van der Waals surface area contributed by atoms with E-state index in [2.05, 4.69) is 39.2 Å². The molecule has 5 rings (SSSR count). The lowest BCUT2D eigenvalue weighted by molar-refractivity contribution is 0.334. The Balaban J connectivity index is 1.46. The minimum atomic E-state index is -0.199. The third-order valence-electron chi connectivity index (χ3n) is 5.72. The number of aromatic nitrogens is 2. The van der Waals surface area contributed by atoms with Crippen LogP contribution in [-0.2, 0) is 0 Å². The molecule has 0 N–H and O–H groups in total. The minimum Gasteiger partial charge on any atom is -0.497 e. The number of ether oxygens (including phenoxy) is 1. The Morgan fingerprint density at radius 2 is 1.94 bits per heavy atom. The van der Waals surface area contributed by atoms with Crippen LogP contribution >= 0.6 is 11.9 Å². The summed E-state index contributed by atoms with van der Waals surface area (Å²) < 4.78 is 23.3. The molecule has 1 saturated heterocycles. The lowest BCUT2D eigenvalue weighted by atomic mass is 9.99. The number of imidazole rings is 1. The van der Waals surface area contributed by atoms with Crippen LogP contribution in [-0.4, -0.2) is 33.9 Å². The fourth-order valence-corrected chi connectivity index (χ4v) is 5.24. The molecule has 1 aliphatic heterocycles. The fourth-order valence-electron chi connectivity index (χ4n) is 4.21. The van der Waals surface area contributed by atoms with Crippen molar-refractivity contribution in [1.82, 2.24) is 13.7 Å². The standard InChI is InChI=1S/C25H24FN3OS/c1-30-21-8-4-6-18(16-21)24-23-9-2-3-15-29(23)25(27-24)19-7-5-14-28(17-19)31-22-12-10-20(26)11-13-22/h2-4,6,8-13,15-16,19H,5,7,14,17H2,1H3. The van der Waals surface area contributed by atoms with E-state index in [-0.39, 0.29) is 5.82 Å². The second-order valence-electron chi connectivity index (χ2n) is 7.78. The summed E-state index contributed by atoms with van der Waals surface area (Å²) in [6.07, 6.45) is 4.31. The monoisotopic (exact) mass is 433 g/mol. The Morgan fingerprint density at radius 1 is 1.06 bits per heavy atom. The molecule has 1 aliphatic rings. The molecule has 2 aromatic carbocycles. The lowest BCUT2D eigenvalue weighted by Gasteiger charge is -2.31. The number of benzene rings is 2. The van der Waals surface area contributed by atoms with Gasteiger partial charge in [-0.15, -0.1) is 0 Å².